The normalized spacial score (nSPS) is 22.3. The summed E-state index contributed by atoms with van der Waals surface area (Å²) in [7, 11) is 0. The number of ether oxygens (including phenoxy) is 2. The Kier molecular flexibility index (Phi) is 6.77. The number of hydrogen-bond acceptors (Lipinski definition) is 5. The van der Waals surface area contributed by atoms with E-state index < -0.39 is 17.7 Å². The van der Waals surface area contributed by atoms with Crippen LogP contribution in [0.1, 0.15) is 30.0 Å². The molecule has 0 radical (unpaired) electrons. The smallest absolute Gasteiger partial charge is 0.295 e. The van der Waals surface area contributed by atoms with Gasteiger partial charge in [-0.15, -0.1) is 0 Å². The predicted molar refractivity (Wildman–Crippen MR) is 124 cm³/mol. The van der Waals surface area contributed by atoms with E-state index in [1.165, 1.54) is 4.90 Å². The van der Waals surface area contributed by atoms with Crippen LogP contribution >= 0.6 is 15.9 Å². The van der Waals surface area contributed by atoms with Crippen molar-refractivity contribution in [2.24, 2.45) is 0 Å². The topological polar surface area (TPSA) is 76.1 Å². The molecule has 2 fully saturated rings. The molecule has 2 unspecified atom stereocenters. The van der Waals surface area contributed by atoms with E-state index in [4.69, 9.17) is 9.47 Å². The Labute approximate surface area is 195 Å². The molecule has 2 aromatic carbocycles. The number of benzene rings is 2. The number of Topliss-reactive ketones (excluding diaryl/α,β-unsaturated/α-hetero) is 1. The number of halogens is 1. The molecular weight excluding hydrogens is 474 g/mol. The summed E-state index contributed by atoms with van der Waals surface area (Å²) in [5.74, 6) is -0.910. The Balaban J connectivity index is 1.74. The van der Waals surface area contributed by atoms with Gasteiger partial charge in [-0.25, -0.2) is 0 Å². The fourth-order valence-electron chi connectivity index (χ4n) is 4.09. The van der Waals surface area contributed by atoms with Crippen molar-refractivity contribution in [3.05, 3.63) is 82.4 Å². The molecule has 2 saturated heterocycles. The summed E-state index contributed by atoms with van der Waals surface area (Å²) >= 11 is 3.42. The molecule has 0 saturated carbocycles. The molecule has 2 atom stereocenters. The minimum absolute atomic E-state index is 0.0788. The van der Waals surface area contributed by atoms with Crippen molar-refractivity contribution in [2.75, 3.05) is 19.8 Å². The van der Waals surface area contributed by atoms with Gasteiger partial charge in [-0.1, -0.05) is 40.7 Å². The molecule has 1 amide bonds. The lowest BCUT2D eigenvalue weighted by Gasteiger charge is -2.27. The molecule has 32 heavy (non-hydrogen) atoms. The molecule has 2 heterocycles. The maximum Gasteiger partial charge on any atom is 0.295 e. The van der Waals surface area contributed by atoms with Gasteiger partial charge in [0.1, 0.15) is 18.1 Å². The number of hydrogen-bond donors (Lipinski definition) is 1. The fourth-order valence-corrected chi connectivity index (χ4v) is 4.35. The van der Waals surface area contributed by atoms with Crippen LogP contribution in [0.15, 0.2) is 71.2 Å². The number of rotatable bonds is 7. The zero-order valence-electron chi connectivity index (χ0n) is 17.5. The van der Waals surface area contributed by atoms with E-state index in [-0.39, 0.29) is 17.4 Å². The highest BCUT2D eigenvalue weighted by Gasteiger charge is 2.47. The zero-order chi connectivity index (χ0) is 22.7. The van der Waals surface area contributed by atoms with Gasteiger partial charge < -0.3 is 19.5 Å². The fraction of sp³-hybridized carbons (Fsp3) is 0.280. The van der Waals surface area contributed by atoms with Crippen molar-refractivity contribution in [1.29, 1.82) is 0 Å². The number of carbonyl (C=O) groups is 2. The van der Waals surface area contributed by atoms with Crippen LogP contribution in [0, 0.1) is 0 Å². The lowest BCUT2D eigenvalue weighted by atomic mass is 9.95. The second-order valence-corrected chi connectivity index (χ2v) is 8.68. The average molecular weight is 498 g/mol. The van der Waals surface area contributed by atoms with Gasteiger partial charge in [-0.2, -0.15) is 0 Å². The molecule has 0 spiro atoms. The molecular formula is C25H24BrNO5. The standard InChI is InChI=1S/C25H24BrNO5/c1-2-13-31-19-11-7-17(8-12-19)23(28)21-22(16-5-9-18(26)10-6-16)27(25(30)24(21)29)15-20-4-3-14-32-20/h2,5-12,20,22,28H,1,3-4,13-15H2/b23-21-. The highest BCUT2D eigenvalue weighted by atomic mass is 79.9. The van der Waals surface area contributed by atoms with Crippen LogP contribution in [0.5, 0.6) is 5.75 Å². The third-order valence-electron chi connectivity index (χ3n) is 5.65. The van der Waals surface area contributed by atoms with Crippen LogP contribution < -0.4 is 4.74 Å². The highest BCUT2D eigenvalue weighted by molar-refractivity contribution is 9.10. The van der Waals surface area contributed by atoms with Crippen molar-refractivity contribution in [3.8, 4) is 5.75 Å². The van der Waals surface area contributed by atoms with Crippen LogP contribution in [0.2, 0.25) is 0 Å². The van der Waals surface area contributed by atoms with Crippen molar-refractivity contribution in [2.45, 2.75) is 25.0 Å². The van der Waals surface area contributed by atoms with E-state index in [0.29, 0.717) is 31.1 Å². The quantitative estimate of drug-likeness (QED) is 0.261. The number of aliphatic hydroxyl groups is 1. The first-order chi connectivity index (χ1) is 15.5. The molecule has 0 bridgehead atoms. The van der Waals surface area contributed by atoms with E-state index in [9.17, 15) is 14.7 Å². The lowest BCUT2D eigenvalue weighted by molar-refractivity contribution is -0.140. The van der Waals surface area contributed by atoms with Gasteiger partial charge in [0.15, 0.2) is 0 Å². The predicted octanol–water partition coefficient (Wildman–Crippen LogP) is 4.61. The first-order valence-electron chi connectivity index (χ1n) is 10.5. The van der Waals surface area contributed by atoms with Crippen LogP contribution in [0.4, 0.5) is 0 Å². The van der Waals surface area contributed by atoms with Crippen molar-refractivity contribution in [3.63, 3.8) is 0 Å². The van der Waals surface area contributed by atoms with E-state index in [1.54, 1.807) is 30.3 Å². The number of amides is 1. The van der Waals surface area contributed by atoms with E-state index >= 15 is 0 Å². The first kappa shape index (κ1) is 22.3. The van der Waals surface area contributed by atoms with Crippen LogP contribution in [0.3, 0.4) is 0 Å². The molecule has 7 heteroatoms. The van der Waals surface area contributed by atoms with Gasteiger partial charge >= 0.3 is 0 Å². The second kappa shape index (κ2) is 9.71. The van der Waals surface area contributed by atoms with Gasteiger partial charge in [0, 0.05) is 23.2 Å². The Hall–Kier alpha value is -2.90. The maximum atomic E-state index is 13.1. The molecule has 2 aliphatic heterocycles. The van der Waals surface area contributed by atoms with Crippen molar-refractivity contribution < 1.29 is 24.2 Å². The molecule has 2 aromatic rings. The minimum atomic E-state index is -0.694. The van der Waals surface area contributed by atoms with Gasteiger partial charge in [0.05, 0.1) is 17.7 Å². The van der Waals surface area contributed by atoms with E-state index in [2.05, 4.69) is 22.5 Å². The van der Waals surface area contributed by atoms with Gasteiger partial charge in [-0.05, 0) is 54.8 Å². The van der Waals surface area contributed by atoms with E-state index in [0.717, 1.165) is 22.9 Å². The van der Waals surface area contributed by atoms with Crippen LogP contribution in [-0.2, 0) is 14.3 Å². The summed E-state index contributed by atoms with van der Waals surface area (Å²) in [5, 5.41) is 11.1. The average Bonchev–Trinajstić information content (AvgIpc) is 3.41. The lowest BCUT2D eigenvalue weighted by Crippen LogP contribution is -2.36. The maximum absolute atomic E-state index is 13.1. The number of ketones is 1. The largest absolute Gasteiger partial charge is 0.507 e. The third kappa shape index (κ3) is 4.49. The van der Waals surface area contributed by atoms with E-state index in [1.807, 2.05) is 24.3 Å². The number of likely N-dealkylation sites (tertiary alicyclic amines) is 1. The summed E-state index contributed by atoms with van der Waals surface area (Å²) in [6, 6.07) is 13.5. The Morgan fingerprint density at radius 3 is 2.53 bits per heavy atom. The molecule has 0 aromatic heterocycles. The van der Waals surface area contributed by atoms with Crippen molar-refractivity contribution in [1.82, 2.24) is 4.90 Å². The number of aliphatic hydroxyl groups excluding tert-OH is 1. The number of carbonyl (C=O) groups excluding carboxylic acids is 2. The molecule has 0 aliphatic carbocycles. The van der Waals surface area contributed by atoms with Gasteiger partial charge in [0.25, 0.3) is 11.7 Å². The Morgan fingerprint density at radius 1 is 1.19 bits per heavy atom. The molecule has 1 N–H and O–H groups in total. The zero-order valence-corrected chi connectivity index (χ0v) is 19.1. The molecule has 6 nitrogen and oxygen atoms in total. The summed E-state index contributed by atoms with van der Waals surface area (Å²) in [6.07, 6.45) is 3.29. The third-order valence-corrected chi connectivity index (χ3v) is 6.17. The summed E-state index contributed by atoms with van der Waals surface area (Å²) in [6.45, 7) is 4.93. The minimum Gasteiger partial charge on any atom is -0.507 e. The molecule has 4 rings (SSSR count). The SMILES string of the molecule is C=CCOc1ccc(/C(O)=C2/C(=O)C(=O)N(CC3CCCO3)C2c2ccc(Br)cc2)cc1. The number of nitrogens with zero attached hydrogens (tertiary/aromatic N) is 1. The summed E-state index contributed by atoms with van der Waals surface area (Å²) in [5.41, 5.74) is 1.26. The highest BCUT2D eigenvalue weighted by Crippen LogP contribution is 2.40. The Bertz CT molecular complexity index is 1040. The monoisotopic (exact) mass is 497 g/mol. The van der Waals surface area contributed by atoms with Crippen LogP contribution in [-0.4, -0.2) is 47.6 Å². The second-order valence-electron chi connectivity index (χ2n) is 7.76. The Morgan fingerprint density at radius 2 is 1.91 bits per heavy atom. The molecule has 2 aliphatic rings. The van der Waals surface area contributed by atoms with Gasteiger partial charge in [0.2, 0.25) is 0 Å². The van der Waals surface area contributed by atoms with Crippen molar-refractivity contribution >= 4 is 33.4 Å². The van der Waals surface area contributed by atoms with Gasteiger partial charge in [-0.3, -0.25) is 9.59 Å². The first-order valence-corrected chi connectivity index (χ1v) is 11.3. The molecule has 166 valence electrons. The summed E-state index contributed by atoms with van der Waals surface area (Å²) < 4.78 is 12.1. The van der Waals surface area contributed by atoms with Crippen LogP contribution in [0.25, 0.3) is 5.76 Å². The summed E-state index contributed by atoms with van der Waals surface area (Å²) in [4.78, 5) is 27.6.